The summed E-state index contributed by atoms with van der Waals surface area (Å²) in [5.41, 5.74) is -0.286. The molecule has 6 rings (SSSR count). The third kappa shape index (κ3) is 3.61. The van der Waals surface area contributed by atoms with E-state index in [1.165, 1.54) is 11.0 Å². The first-order valence-electron chi connectivity index (χ1n) is 12.4. The maximum atomic E-state index is 13.7. The summed E-state index contributed by atoms with van der Waals surface area (Å²) in [5.74, 6) is 0.109. The van der Waals surface area contributed by atoms with Crippen molar-refractivity contribution in [3.8, 4) is 0 Å². The van der Waals surface area contributed by atoms with E-state index in [2.05, 4.69) is 15.1 Å². The highest BCUT2D eigenvalue weighted by Crippen LogP contribution is 2.41. The third-order valence-electron chi connectivity index (χ3n) is 7.59. The second-order valence-corrected chi connectivity index (χ2v) is 9.70. The molecule has 14 heteroatoms. The van der Waals surface area contributed by atoms with E-state index in [4.69, 9.17) is 9.72 Å². The van der Waals surface area contributed by atoms with Gasteiger partial charge in [-0.05, 0) is 38.8 Å². The van der Waals surface area contributed by atoms with Crippen LogP contribution in [0.25, 0.3) is 11.2 Å². The molecule has 0 aromatic carbocycles. The molecule has 1 spiro atoms. The number of hydrogen-bond acceptors (Lipinski definition) is 8. The number of amides is 3. The summed E-state index contributed by atoms with van der Waals surface area (Å²) in [5, 5.41) is 4.58. The van der Waals surface area contributed by atoms with Gasteiger partial charge in [0.2, 0.25) is 0 Å². The monoisotopic (exact) mass is 530 g/mol. The van der Waals surface area contributed by atoms with Gasteiger partial charge >= 0.3 is 12.2 Å². The lowest BCUT2D eigenvalue weighted by Gasteiger charge is -2.42. The zero-order valence-corrected chi connectivity index (χ0v) is 20.8. The molecule has 0 unspecified atom stereocenters. The van der Waals surface area contributed by atoms with Gasteiger partial charge in [-0.1, -0.05) is 0 Å². The van der Waals surface area contributed by atoms with Gasteiger partial charge in [0.1, 0.15) is 28.6 Å². The maximum absolute atomic E-state index is 13.7. The molecule has 0 atom stereocenters. The summed E-state index contributed by atoms with van der Waals surface area (Å²) < 4.78 is 46.9. The highest BCUT2D eigenvalue weighted by Gasteiger charge is 2.58. The van der Waals surface area contributed by atoms with Crippen molar-refractivity contribution in [1.82, 2.24) is 29.6 Å². The average Bonchev–Trinajstić information content (AvgIpc) is 3.28. The Morgan fingerprint density at radius 2 is 1.89 bits per heavy atom. The fraction of sp³-hybridized carbons (Fsp3) is 0.500. The van der Waals surface area contributed by atoms with Gasteiger partial charge in [-0.3, -0.25) is 9.78 Å². The lowest BCUT2D eigenvalue weighted by Crippen LogP contribution is -2.56. The predicted octanol–water partition coefficient (Wildman–Crippen LogP) is 2.95. The first kappa shape index (κ1) is 24.5. The van der Waals surface area contributed by atoms with Crippen molar-refractivity contribution in [1.29, 1.82) is 0 Å². The number of fused-ring (bicyclic) bond motifs is 1. The lowest BCUT2D eigenvalue weighted by molar-refractivity contribution is -0.141. The van der Waals surface area contributed by atoms with E-state index in [0.717, 1.165) is 22.9 Å². The molecule has 11 nitrogen and oxygen atoms in total. The van der Waals surface area contributed by atoms with Crippen molar-refractivity contribution in [2.45, 2.75) is 44.4 Å². The Hall–Kier alpha value is -3.81. The second kappa shape index (κ2) is 8.61. The largest absolute Gasteiger partial charge is 0.433 e. The molecule has 3 saturated heterocycles. The number of carbonyl (C=O) groups is 2. The smallest absolute Gasteiger partial charge is 0.377 e. The highest BCUT2D eigenvalue weighted by atomic mass is 19.4. The number of urea groups is 1. The van der Waals surface area contributed by atoms with Gasteiger partial charge in [-0.15, -0.1) is 0 Å². The third-order valence-corrected chi connectivity index (χ3v) is 7.59. The van der Waals surface area contributed by atoms with Gasteiger partial charge in [0, 0.05) is 25.8 Å². The molecule has 3 aromatic heterocycles. The number of rotatable bonds is 4. The number of alkyl halides is 3. The van der Waals surface area contributed by atoms with E-state index in [9.17, 15) is 22.8 Å². The summed E-state index contributed by atoms with van der Waals surface area (Å²) >= 11 is 0. The number of aromatic nitrogens is 5. The van der Waals surface area contributed by atoms with Gasteiger partial charge in [-0.2, -0.15) is 18.3 Å². The fourth-order valence-electron chi connectivity index (χ4n) is 5.50. The van der Waals surface area contributed by atoms with Crippen LogP contribution in [0.4, 0.5) is 29.5 Å². The number of carbonyl (C=O) groups excluding carboxylic acids is 2. The van der Waals surface area contributed by atoms with Crippen molar-refractivity contribution >= 4 is 34.6 Å². The number of halogens is 3. The van der Waals surface area contributed by atoms with Crippen LogP contribution in [0, 0.1) is 6.92 Å². The zero-order chi connectivity index (χ0) is 26.8. The Morgan fingerprint density at radius 3 is 2.53 bits per heavy atom. The van der Waals surface area contributed by atoms with E-state index in [-0.39, 0.29) is 18.3 Å². The number of aryl methyl sites for hydroxylation is 1. The van der Waals surface area contributed by atoms with Gasteiger partial charge in [0.15, 0.2) is 5.65 Å². The molecule has 0 radical (unpaired) electrons. The van der Waals surface area contributed by atoms with Crippen LogP contribution in [0.15, 0.2) is 24.5 Å². The van der Waals surface area contributed by atoms with Crippen LogP contribution < -0.4 is 9.80 Å². The standard InChI is InChI=1S/C24H25F3N8O3/c1-3-33-22(37)34(15-4-7-28-17(10-15)24(25,26)27)21(36)23(33)5-8-32(9-6-23)18-11-29-19-14(2)31-35(20(19)30-18)16-12-38-13-16/h4,7,10-11,16H,3,5-6,8-9,12-13H2,1-2H3. The topological polar surface area (TPSA) is 110 Å². The summed E-state index contributed by atoms with van der Waals surface area (Å²) in [4.78, 5) is 44.1. The number of hydrogen-bond donors (Lipinski definition) is 0. The van der Waals surface area contributed by atoms with Crippen molar-refractivity contribution in [2.24, 2.45) is 0 Å². The zero-order valence-electron chi connectivity index (χ0n) is 20.8. The number of imide groups is 1. The van der Waals surface area contributed by atoms with Crippen LogP contribution in [0.3, 0.4) is 0 Å². The van der Waals surface area contributed by atoms with Crippen molar-refractivity contribution in [3.63, 3.8) is 0 Å². The number of nitrogens with zero attached hydrogens (tertiary/aromatic N) is 8. The SMILES string of the molecule is CCN1C(=O)N(c2ccnc(C(F)(F)F)c2)C(=O)C12CCN(c1cnc3c(C)nn(C4COC4)c3n1)CC2. The molecule has 0 N–H and O–H groups in total. The highest BCUT2D eigenvalue weighted by molar-refractivity contribution is 6.23. The lowest BCUT2D eigenvalue weighted by atomic mass is 9.85. The van der Waals surface area contributed by atoms with E-state index >= 15 is 0 Å². The van der Waals surface area contributed by atoms with Crippen LogP contribution in [-0.2, 0) is 15.7 Å². The fourth-order valence-corrected chi connectivity index (χ4v) is 5.50. The molecular weight excluding hydrogens is 505 g/mol. The Balaban J connectivity index is 1.27. The first-order chi connectivity index (χ1) is 18.1. The van der Waals surface area contributed by atoms with Crippen molar-refractivity contribution in [3.05, 3.63) is 35.9 Å². The quantitative estimate of drug-likeness (QED) is 0.474. The molecule has 3 aliphatic heterocycles. The molecule has 0 bridgehead atoms. The average molecular weight is 531 g/mol. The van der Waals surface area contributed by atoms with Crippen molar-refractivity contribution < 1.29 is 27.5 Å². The Labute approximate surface area is 215 Å². The molecule has 38 heavy (non-hydrogen) atoms. The molecule has 6 heterocycles. The molecule has 0 saturated carbocycles. The van der Waals surface area contributed by atoms with Crippen LogP contribution in [-0.4, -0.2) is 80.0 Å². The molecule has 3 fully saturated rings. The Morgan fingerprint density at radius 1 is 1.16 bits per heavy atom. The normalized spacial score (nSPS) is 20.2. The number of anilines is 2. The second-order valence-electron chi connectivity index (χ2n) is 9.70. The number of piperidine rings is 1. The predicted molar refractivity (Wildman–Crippen MR) is 129 cm³/mol. The van der Waals surface area contributed by atoms with E-state index in [1.54, 1.807) is 13.1 Å². The summed E-state index contributed by atoms with van der Waals surface area (Å²) in [6.07, 6.45) is -1.46. The Bertz CT molecular complexity index is 1430. The van der Waals surface area contributed by atoms with Crippen LogP contribution in [0.5, 0.6) is 0 Å². The van der Waals surface area contributed by atoms with Crippen molar-refractivity contribution in [2.75, 3.05) is 42.6 Å². The molecule has 0 aliphatic carbocycles. The molecule has 200 valence electrons. The van der Waals surface area contributed by atoms with Crippen LogP contribution in [0.2, 0.25) is 0 Å². The van der Waals surface area contributed by atoms with Crippen LogP contribution >= 0.6 is 0 Å². The van der Waals surface area contributed by atoms with E-state index in [1.807, 2.05) is 16.5 Å². The van der Waals surface area contributed by atoms with Gasteiger partial charge in [-0.25, -0.2) is 24.3 Å². The van der Waals surface area contributed by atoms with E-state index in [0.29, 0.717) is 56.1 Å². The number of likely N-dealkylation sites (N-methyl/N-ethyl adjacent to an activating group) is 1. The van der Waals surface area contributed by atoms with Gasteiger partial charge in [0.25, 0.3) is 5.91 Å². The minimum atomic E-state index is -4.70. The summed E-state index contributed by atoms with van der Waals surface area (Å²) in [6, 6.07) is 1.46. The first-order valence-corrected chi connectivity index (χ1v) is 12.4. The van der Waals surface area contributed by atoms with E-state index < -0.39 is 29.3 Å². The maximum Gasteiger partial charge on any atom is 0.433 e. The molecule has 3 aliphatic rings. The number of pyridine rings is 1. The minimum Gasteiger partial charge on any atom is -0.377 e. The van der Waals surface area contributed by atoms with Crippen LogP contribution in [0.1, 0.15) is 37.2 Å². The summed E-state index contributed by atoms with van der Waals surface area (Å²) in [7, 11) is 0. The summed E-state index contributed by atoms with van der Waals surface area (Å²) in [6.45, 7) is 5.83. The minimum absolute atomic E-state index is 0.109. The molecule has 3 amide bonds. The number of ether oxygens (including phenoxy) is 1. The molecule has 3 aromatic rings. The van der Waals surface area contributed by atoms with Gasteiger partial charge in [0.05, 0.1) is 30.8 Å². The Kier molecular flexibility index (Phi) is 5.56. The van der Waals surface area contributed by atoms with Gasteiger partial charge < -0.3 is 14.5 Å². The molecular formula is C24H25F3N8O3.